The fourth-order valence-electron chi connectivity index (χ4n) is 4.25. The Morgan fingerprint density at radius 2 is 1.38 bits per heavy atom. The first-order chi connectivity index (χ1) is 16.5. The number of hydrogen-bond donors (Lipinski definition) is 0. The Kier molecular flexibility index (Phi) is 7.56. The van der Waals surface area contributed by atoms with Crippen LogP contribution in [-0.4, -0.2) is 6.61 Å². The molecule has 0 N–H and O–H groups in total. The summed E-state index contributed by atoms with van der Waals surface area (Å²) in [5, 5.41) is 0. The third-order valence-electron chi connectivity index (χ3n) is 6.33. The summed E-state index contributed by atoms with van der Waals surface area (Å²) in [6.45, 7) is 4.34. The predicted octanol–water partition coefficient (Wildman–Crippen LogP) is 8.84. The first kappa shape index (κ1) is 23.9. The minimum atomic E-state index is -0.873. The fourth-order valence-corrected chi connectivity index (χ4v) is 4.25. The maximum Gasteiger partial charge on any atom is 0.167 e. The van der Waals surface area contributed by atoms with Crippen LogP contribution < -0.4 is 4.74 Å². The molecule has 3 aromatic carbocycles. The second-order valence-corrected chi connectivity index (χ2v) is 8.70. The molecule has 0 bridgehead atoms. The molecule has 0 fully saturated rings. The summed E-state index contributed by atoms with van der Waals surface area (Å²) in [6, 6.07) is 17.6. The van der Waals surface area contributed by atoms with Crippen molar-refractivity contribution in [3.63, 3.8) is 0 Å². The molecule has 1 aliphatic rings. The van der Waals surface area contributed by atoms with Crippen LogP contribution in [0.3, 0.4) is 0 Å². The summed E-state index contributed by atoms with van der Waals surface area (Å²) in [6.07, 6.45) is 7.00. The van der Waals surface area contributed by atoms with Crippen LogP contribution in [0, 0.1) is 17.6 Å². The number of allylic oxidation sites excluding steroid dienone is 2. The normalized spacial score (nSPS) is 15.6. The summed E-state index contributed by atoms with van der Waals surface area (Å²) in [5.74, 6) is -1.28. The molecule has 0 saturated heterocycles. The SMILES string of the molecule is CCCc1ccc(-c2ccc(-c3ccc(OCC4=CC[C@H](CC)C(F)=C4)cc3)c(F)c2F)cc1. The maximum atomic E-state index is 15.0. The lowest BCUT2D eigenvalue weighted by Gasteiger charge is -2.17. The quantitative estimate of drug-likeness (QED) is 0.325. The van der Waals surface area contributed by atoms with E-state index in [2.05, 4.69) is 6.92 Å². The van der Waals surface area contributed by atoms with Gasteiger partial charge < -0.3 is 4.74 Å². The van der Waals surface area contributed by atoms with Crippen molar-refractivity contribution in [1.82, 2.24) is 0 Å². The lowest BCUT2D eigenvalue weighted by atomic mass is 9.93. The fraction of sp³-hybridized carbons (Fsp3) is 0.267. The third-order valence-corrected chi connectivity index (χ3v) is 6.33. The van der Waals surface area contributed by atoms with E-state index in [-0.39, 0.29) is 29.5 Å². The van der Waals surface area contributed by atoms with Crippen LogP contribution in [0.4, 0.5) is 13.2 Å². The van der Waals surface area contributed by atoms with Crippen LogP contribution in [0.2, 0.25) is 0 Å². The van der Waals surface area contributed by atoms with Crippen molar-refractivity contribution in [2.45, 2.75) is 39.5 Å². The van der Waals surface area contributed by atoms with Gasteiger partial charge in [0, 0.05) is 17.0 Å². The second-order valence-electron chi connectivity index (χ2n) is 8.70. The molecule has 0 radical (unpaired) electrons. The van der Waals surface area contributed by atoms with E-state index in [4.69, 9.17) is 4.74 Å². The molecule has 4 heteroatoms. The van der Waals surface area contributed by atoms with E-state index in [1.165, 1.54) is 5.56 Å². The molecule has 0 saturated carbocycles. The van der Waals surface area contributed by atoms with Gasteiger partial charge >= 0.3 is 0 Å². The highest BCUT2D eigenvalue weighted by molar-refractivity contribution is 5.72. The van der Waals surface area contributed by atoms with Crippen LogP contribution in [-0.2, 0) is 6.42 Å². The van der Waals surface area contributed by atoms with Crippen molar-refractivity contribution >= 4 is 0 Å². The van der Waals surface area contributed by atoms with Crippen LogP contribution in [0.5, 0.6) is 5.75 Å². The van der Waals surface area contributed by atoms with E-state index in [1.54, 1.807) is 42.5 Å². The Hall–Kier alpha value is -3.27. The van der Waals surface area contributed by atoms with Crippen LogP contribution >= 0.6 is 0 Å². The molecule has 0 unspecified atom stereocenters. The molecule has 0 heterocycles. The lowest BCUT2D eigenvalue weighted by molar-refractivity contribution is 0.350. The first-order valence-corrected chi connectivity index (χ1v) is 11.9. The van der Waals surface area contributed by atoms with Gasteiger partial charge in [-0.3, -0.25) is 0 Å². The number of hydrogen-bond acceptors (Lipinski definition) is 1. The minimum Gasteiger partial charge on any atom is -0.489 e. The van der Waals surface area contributed by atoms with Crippen molar-refractivity contribution in [1.29, 1.82) is 0 Å². The summed E-state index contributed by atoms with van der Waals surface area (Å²) >= 11 is 0. The molecule has 1 atom stereocenters. The maximum absolute atomic E-state index is 15.0. The van der Waals surface area contributed by atoms with Gasteiger partial charge in [-0.05, 0) is 59.7 Å². The van der Waals surface area contributed by atoms with E-state index >= 15 is 0 Å². The molecular formula is C30H29F3O. The van der Waals surface area contributed by atoms with E-state index in [0.717, 1.165) is 24.8 Å². The minimum absolute atomic E-state index is 0.0369. The summed E-state index contributed by atoms with van der Waals surface area (Å²) in [7, 11) is 0. The van der Waals surface area contributed by atoms with Gasteiger partial charge in [-0.15, -0.1) is 0 Å². The summed E-state index contributed by atoms with van der Waals surface area (Å²) < 4.78 is 49.7. The van der Waals surface area contributed by atoms with Gasteiger partial charge in [-0.1, -0.05) is 74.9 Å². The van der Waals surface area contributed by atoms with E-state index in [1.807, 2.05) is 37.3 Å². The van der Waals surface area contributed by atoms with Crippen molar-refractivity contribution in [2.75, 3.05) is 6.61 Å². The van der Waals surface area contributed by atoms with E-state index in [0.29, 0.717) is 23.3 Å². The van der Waals surface area contributed by atoms with Crippen molar-refractivity contribution in [2.24, 2.45) is 5.92 Å². The Bertz CT molecular complexity index is 1190. The number of rotatable bonds is 8. The molecule has 176 valence electrons. The highest BCUT2D eigenvalue weighted by Gasteiger charge is 2.17. The Morgan fingerprint density at radius 3 is 1.91 bits per heavy atom. The van der Waals surface area contributed by atoms with Crippen molar-refractivity contribution in [3.8, 4) is 28.0 Å². The van der Waals surface area contributed by atoms with Gasteiger partial charge in [0.25, 0.3) is 0 Å². The second kappa shape index (κ2) is 10.8. The largest absolute Gasteiger partial charge is 0.489 e. The van der Waals surface area contributed by atoms with Gasteiger partial charge in [0.2, 0.25) is 0 Å². The van der Waals surface area contributed by atoms with Gasteiger partial charge in [0.15, 0.2) is 11.6 Å². The smallest absolute Gasteiger partial charge is 0.167 e. The average molecular weight is 463 g/mol. The molecule has 0 amide bonds. The highest BCUT2D eigenvalue weighted by atomic mass is 19.2. The van der Waals surface area contributed by atoms with E-state index in [9.17, 15) is 13.2 Å². The van der Waals surface area contributed by atoms with Crippen LogP contribution in [0.1, 0.15) is 38.7 Å². The molecule has 0 spiro atoms. The summed E-state index contributed by atoms with van der Waals surface area (Å²) in [5.41, 5.74) is 3.63. The zero-order chi connectivity index (χ0) is 24.1. The van der Waals surface area contributed by atoms with Gasteiger partial charge in [0.05, 0.1) is 0 Å². The first-order valence-electron chi connectivity index (χ1n) is 11.9. The molecular weight excluding hydrogens is 433 g/mol. The van der Waals surface area contributed by atoms with Gasteiger partial charge in [-0.25, -0.2) is 13.2 Å². The monoisotopic (exact) mass is 462 g/mol. The molecule has 3 aromatic rings. The van der Waals surface area contributed by atoms with Crippen molar-refractivity contribution < 1.29 is 17.9 Å². The topological polar surface area (TPSA) is 9.23 Å². The highest BCUT2D eigenvalue weighted by Crippen LogP contribution is 2.33. The number of halogens is 3. The Morgan fingerprint density at radius 1 is 0.794 bits per heavy atom. The molecule has 4 rings (SSSR count). The predicted molar refractivity (Wildman–Crippen MR) is 132 cm³/mol. The lowest BCUT2D eigenvalue weighted by Crippen LogP contribution is -2.08. The van der Waals surface area contributed by atoms with Crippen molar-refractivity contribution in [3.05, 3.63) is 101 Å². The number of ether oxygens (including phenoxy) is 1. The third kappa shape index (κ3) is 5.27. The number of aryl methyl sites for hydroxylation is 1. The summed E-state index contributed by atoms with van der Waals surface area (Å²) in [4.78, 5) is 0. The Labute approximate surface area is 199 Å². The molecule has 0 aliphatic heterocycles. The zero-order valence-electron chi connectivity index (χ0n) is 19.6. The van der Waals surface area contributed by atoms with Gasteiger partial charge in [-0.2, -0.15) is 0 Å². The molecule has 0 aromatic heterocycles. The van der Waals surface area contributed by atoms with Crippen LogP contribution in [0.25, 0.3) is 22.3 Å². The Balaban J connectivity index is 1.46. The average Bonchev–Trinajstić information content (AvgIpc) is 2.86. The molecule has 1 aliphatic carbocycles. The number of benzene rings is 3. The molecule has 34 heavy (non-hydrogen) atoms. The zero-order valence-corrected chi connectivity index (χ0v) is 19.6. The van der Waals surface area contributed by atoms with Gasteiger partial charge in [0.1, 0.15) is 18.2 Å². The molecule has 1 nitrogen and oxygen atoms in total. The van der Waals surface area contributed by atoms with Crippen LogP contribution in [0.15, 0.2) is 84.2 Å². The van der Waals surface area contributed by atoms with E-state index < -0.39 is 11.6 Å². The standard InChI is InChI=1S/C30H29F3O/c1-3-5-20-6-10-23(11-7-20)26-16-17-27(30(33)29(26)32)24-12-14-25(15-13-24)34-19-21-8-9-22(4-2)28(31)18-21/h6-8,10-18,22H,3-5,9,19H2,1-2H3/t22-/m0/s1.